The smallest absolute Gasteiger partial charge is 0.255 e. The van der Waals surface area contributed by atoms with Crippen LogP contribution in [-0.2, 0) is 6.54 Å². The van der Waals surface area contributed by atoms with E-state index in [1.807, 2.05) is 49.7 Å². The molecular formula is C19H22N6O. The molecule has 0 saturated heterocycles. The van der Waals surface area contributed by atoms with E-state index in [-0.39, 0.29) is 11.9 Å². The number of aromatic nitrogens is 5. The quantitative estimate of drug-likeness (QED) is 0.788. The lowest BCUT2D eigenvalue weighted by atomic mass is 10.1. The van der Waals surface area contributed by atoms with Gasteiger partial charge in [-0.2, -0.15) is 10.2 Å². The maximum absolute atomic E-state index is 12.8. The average Bonchev–Trinajstić information content (AvgIpc) is 3.18. The van der Waals surface area contributed by atoms with Gasteiger partial charge in [-0.1, -0.05) is 17.7 Å². The summed E-state index contributed by atoms with van der Waals surface area (Å²) in [4.78, 5) is 17.3. The number of amides is 1. The number of benzene rings is 1. The van der Waals surface area contributed by atoms with Crippen molar-refractivity contribution in [3.05, 3.63) is 58.9 Å². The van der Waals surface area contributed by atoms with Crippen LogP contribution >= 0.6 is 0 Å². The fourth-order valence-corrected chi connectivity index (χ4v) is 3.42. The van der Waals surface area contributed by atoms with E-state index in [0.29, 0.717) is 5.56 Å². The molecule has 2 aromatic heterocycles. The summed E-state index contributed by atoms with van der Waals surface area (Å²) in [5.41, 5.74) is 3.53. The second-order valence-electron chi connectivity index (χ2n) is 6.80. The van der Waals surface area contributed by atoms with Crippen molar-refractivity contribution in [1.82, 2.24) is 29.9 Å². The van der Waals surface area contributed by atoms with Crippen LogP contribution in [0.5, 0.6) is 0 Å². The van der Waals surface area contributed by atoms with Crippen LogP contribution in [-0.4, -0.2) is 30.5 Å². The summed E-state index contributed by atoms with van der Waals surface area (Å²) < 4.78 is 3.69. The zero-order valence-corrected chi connectivity index (χ0v) is 15.2. The highest BCUT2D eigenvalue weighted by atomic mass is 16.1. The van der Waals surface area contributed by atoms with Crippen molar-refractivity contribution in [2.45, 2.75) is 46.2 Å². The summed E-state index contributed by atoms with van der Waals surface area (Å²) >= 11 is 0. The molecule has 7 nitrogen and oxygen atoms in total. The van der Waals surface area contributed by atoms with Gasteiger partial charge in [-0.05, 0) is 45.7 Å². The van der Waals surface area contributed by atoms with E-state index in [1.165, 1.54) is 5.56 Å². The highest BCUT2D eigenvalue weighted by Crippen LogP contribution is 2.24. The highest BCUT2D eigenvalue weighted by molar-refractivity contribution is 5.95. The Hall–Kier alpha value is -2.96. The Morgan fingerprint density at radius 3 is 2.73 bits per heavy atom. The number of hydrogen-bond donors (Lipinski definition) is 1. The average molecular weight is 350 g/mol. The number of carbonyl (C=O) groups is 1. The Kier molecular flexibility index (Phi) is 4.06. The first-order valence-electron chi connectivity index (χ1n) is 8.87. The molecule has 1 aromatic carbocycles. The summed E-state index contributed by atoms with van der Waals surface area (Å²) in [5, 5.41) is 11.9. The molecule has 1 amide bonds. The number of rotatable bonds is 3. The molecule has 1 N–H and O–H groups in total. The SMILES string of the molecule is Cc1ccc(-n2ncc(C(=O)NC3CCCn4nc(C)nc43)c2C)cc1. The van der Waals surface area contributed by atoms with Crippen molar-refractivity contribution in [2.75, 3.05) is 0 Å². The Bertz CT molecular complexity index is 953. The van der Waals surface area contributed by atoms with E-state index in [4.69, 9.17) is 0 Å². The van der Waals surface area contributed by atoms with Gasteiger partial charge in [0.25, 0.3) is 5.91 Å². The second-order valence-corrected chi connectivity index (χ2v) is 6.80. The summed E-state index contributed by atoms with van der Waals surface area (Å²) in [6.45, 7) is 6.69. The summed E-state index contributed by atoms with van der Waals surface area (Å²) in [7, 11) is 0. The molecule has 1 atom stereocenters. The fraction of sp³-hybridized carbons (Fsp3) is 0.368. The van der Waals surface area contributed by atoms with Gasteiger partial charge in [0.1, 0.15) is 11.6 Å². The molecule has 1 aliphatic rings. The second kappa shape index (κ2) is 6.40. The molecule has 134 valence electrons. The predicted octanol–water partition coefficient (Wildman–Crippen LogP) is 2.65. The minimum atomic E-state index is -0.125. The van der Waals surface area contributed by atoms with Crippen LogP contribution in [0.25, 0.3) is 5.69 Å². The van der Waals surface area contributed by atoms with Gasteiger partial charge in [0.05, 0.1) is 29.2 Å². The van der Waals surface area contributed by atoms with Crippen molar-refractivity contribution >= 4 is 5.91 Å². The maximum atomic E-state index is 12.8. The van der Waals surface area contributed by atoms with Crippen molar-refractivity contribution in [1.29, 1.82) is 0 Å². The van der Waals surface area contributed by atoms with Crippen LogP contribution in [0.4, 0.5) is 0 Å². The molecule has 0 bridgehead atoms. The van der Waals surface area contributed by atoms with Gasteiger partial charge in [0.2, 0.25) is 0 Å². The number of nitrogens with zero attached hydrogens (tertiary/aromatic N) is 5. The van der Waals surface area contributed by atoms with E-state index >= 15 is 0 Å². The number of aryl methyl sites for hydroxylation is 3. The molecule has 1 unspecified atom stereocenters. The van der Waals surface area contributed by atoms with Crippen molar-refractivity contribution in [2.24, 2.45) is 0 Å². The molecule has 4 rings (SSSR count). The zero-order valence-electron chi connectivity index (χ0n) is 15.2. The van der Waals surface area contributed by atoms with Crippen LogP contribution in [0.1, 0.15) is 52.1 Å². The molecule has 3 heterocycles. The van der Waals surface area contributed by atoms with Gasteiger partial charge in [-0.25, -0.2) is 14.3 Å². The van der Waals surface area contributed by atoms with Crippen LogP contribution in [0.15, 0.2) is 30.5 Å². The monoisotopic (exact) mass is 350 g/mol. The number of hydrogen-bond acceptors (Lipinski definition) is 4. The first-order valence-corrected chi connectivity index (χ1v) is 8.87. The number of carbonyl (C=O) groups excluding carboxylic acids is 1. The Balaban J connectivity index is 1.57. The third kappa shape index (κ3) is 2.89. The van der Waals surface area contributed by atoms with Gasteiger partial charge in [-0.15, -0.1) is 0 Å². The predicted molar refractivity (Wildman–Crippen MR) is 97.2 cm³/mol. The lowest BCUT2D eigenvalue weighted by Crippen LogP contribution is -2.33. The molecule has 3 aromatic rings. The minimum Gasteiger partial charge on any atom is -0.342 e. The molecule has 1 aliphatic heterocycles. The fourth-order valence-electron chi connectivity index (χ4n) is 3.42. The van der Waals surface area contributed by atoms with Gasteiger partial charge >= 0.3 is 0 Å². The summed E-state index contributed by atoms with van der Waals surface area (Å²) in [5.74, 6) is 1.45. The van der Waals surface area contributed by atoms with E-state index in [0.717, 1.165) is 42.4 Å². The normalized spacial score (nSPS) is 16.3. The topological polar surface area (TPSA) is 77.6 Å². The third-order valence-electron chi connectivity index (χ3n) is 4.82. The van der Waals surface area contributed by atoms with Crippen molar-refractivity contribution in [3.63, 3.8) is 0 Å². The summed E-state index contributed by atoms with van der Waals surface area (Å²) in [6, 6.07) is 7.97. The molecule has 0 saturated carbocycles. The van der Waals surface area contributed by atoms with Gasteiger partial charge in [0.15, 0.2) is 0 Å². The standard InChI is InChI=1S/C19H22N6O/c1-12-6-8-15(9-7-12)25-13(2)16(11-20-25)19(26)22-17-5-4-10-24-18(17)21-14(3)23-24/h6-9,11,17H,4-5,10H2,1-3H3,(H,22,26). The third-order valence-corrected chi connectivity index (χ3v) is 4.82. The Morgan fingerprint density at radius 2 is 1.96 bits per heavy atom. The van der Waals surface area contributed by atoms with Gasteiger partial charge in [-0.3, -0.25) is 4.79 Å². The van der Waals surface area contributed by atoms with E-state index in [1.54, 1.807) is 10.9 Å². The van der Waals surface area contributed by atoms with Crippen LogP contribution in [0, 0.1) is 20.8 Å². The molecule has 7 heteroatoms. The van der Waals surface area contributed by atoms with Crippen molar-refractivity contribution in [3.8, 4) is 5.69 Å². The van der Waals surface area contributed by atoms with Crippen LogP contribution in [0.2, 0.25) is 0 Å². The van der Waals surface area contributed by atoms with E-state index in [9.17, 15) is 4.79 Å². The lowest BCUT2D eigenvalue weighted by molar-refractivity contribution is 0.0926. The molecule has 0 aliphatic carbocycles. The van der Waals surface area contributed by atoms with Gasteiger partial charge in [0, 0.05) is 6.54 Å². The first kappa shape index (κ1) is 16.5. The molecule has 26 heavy (non-hydrogen) atoms. The zero-order chi connectivity index (χ0) is 18.3. The van der Waals surface area contributed by atoms with Crippen LogP contribution < -0.4 is 5.32 Å². The molecule has 0 radical (unpaired) electrons. The van der Waals surface area contributed by atoms with E-state index < -0.39 is 0 Å². The van der Waals surface area contributed by atoms with E-state index in [2.05, 4.69) is 20.5 Å². The molecule has 0 fully saturated rings. The first-order chi connectivity index (χ1) is 12.5. The largest absolute Gasteiger partial charge is 0.342 e. The number of fused-ring (bicyclic) bond motifs is 1. The molecular weight excluding hydrogens is 328 g/mol. The van der Waals surface area contributed by atoms with Crippen molar-refractivity contribution < 1.29 is 4.79 Å². The highest BCUT2D eigenvalue weighted by Gasteiger charge is 2.26. The maximum Gasteiger partial charge on any atom is 0.255 e. The minimum absolute atomic E-state index is 0.112. The summed E-state index contributed by atoms with van der Waals surface area (Å²) in [6.07, 6.45) is 3.47. The Morgan fingerprint density at radius 1 is 1.19 bits per heavy atom. The Labute approximate surface area is 152 Å². The van der Waals surface area contributed by atoms with Gasteiger partial charge < -0.3 is 5.32 Å². The van der Waals surface area contributed by atoms with Crippen LogP contribution in [0.3, 0.4) is 0 Å². The molecule has 0 spiro atoms. The lowest BCUT2D eigenvalue weighted by Gasteiger charge is -2.23. The number of nitrogens with one attached hydrogen (secondary N) is 1.